The van der Waals surface area contributed by atoms with Crippen LogP contribution in [0, 0.1) is 5.92 Å². The molecule has 0 amide bonds. The Bertz CT molecular complexity index is 527. The fourth-order valence-corrected chi connectivity index (χ4v) is 5.57. The quantitative estimate of drug-likeness (QED) is 0.0396. The normalized spacial score (nSPS) is 12.5. The Morgan fingerprint density at radius 2 is 0.730 bits per heavy atom. The third kappa shape index (κ3) is 34.8. The molecule has 37 heavy (non-hydrogen) atoms. The topological polar surface area (TPSA) is 66.4 Å². The number of unbranched alkanes of at least 4 members (excludes halogenated alkanes) is 23. The number of rotatable bonds is 30. The Labute approximate surface area is 255 Å². The molecule has 0 bridgehead atoms. The monoisotopic (exact) mass is 554 g/mol. The zero-order valence-electron chi connectivity index (χ0n) is 25.4. The van der Waals surface area contributed by atoms with E-state index in [9.17, 15) is 13.0 Å². The molecule has 0 rings (SSSR count). The minimum absolute atomic E-state index is 0. The maximum absolute atomic E-state index is 10.9. The van der Waals surface area contributed by atoms with E-state index in [1.54, 1.807) is 0 Å². The fourth-order valence-electron chi connectivity index (χ4n) is 5.22. The van der Waals surface area contributed by atoms with Crippen molar-refractivity contribution < 1.29 is 46.7 Å². The third-order valence-corrected chi connectivity index (χ3v) is 8.05. The summed E-state index contributed by atoms with van der Waals surface area (Å²) in [5, 5.41) is 0. The van der Waals surface area contributed by atoms with E-state index in [1.165, 1.54) is 148 Å². The maximum Gasteiger partial charge on any atom is 1.00 e. The van der Waals surface area contributed by atoms with Gasteiger partial charge in [-0.25, -0.2) is 8.42 Å². The van der Waals surface area contributed by atoms with Gasteiger partial charge in [0.05, 0.1) is 6.61 Å². The van der Waals surface area contributed by atoms with Crippen LogP contribution in [0.4, 0.5) is 0 Å². The molecule has 4 nitrogen and oxygen atoms in total. The van der Waals surface area contributed by atoms with Crippen molar-refractivity contribution in [2.45, 2.75) is 187 Å². The summed E-state index contributed by atoms with van der Waals surface area (Å²) in [6.45, 7) is 4.58. The molecule has 0 spiro atoms. The molecule has 0 saturated carbocycles. The largest absolute Gasteiger partial charge is 1.00 e. The molecule has 0 N–H and O–H groups in total. The molecule has 0 aromatic rings. The van der Waals surface area contributed by atoms with Crippen LogP contribution in [0.2, 0.25) is 0 Å². The van der Waals surface area contributed by atoms with Crippen LogP contribution >= 0.6 is 0 Å². The van der Waals surface area contributed by atoms with E-state index in [1.807, 2.05) is 0 Å². The molecule has 0 aliphatic rings. The molecule has 0 fully saturated rings. The smallest absolute Gasteiger partial charge is 0.726 e. The average molecular weight is 555 g/mol. The Balaban J connectivity index is 0. The number of hydrogen-bond acceptors (Lipinski definition) is 4. The van der Waals surface area contributed by atoms with Gasteiger partial charge in [0.25, 0.3) is 0 Å². The Kier molecular flexibility index (Phi) is 34.0. The first-order chi connectivity index (χ1) is 17.5. The van der Waals surface area contributed by atoms with Gasteiger partial charge in [-0.05, 0) is 18.8 Å². The summed E-state index contributed by atoms with van der Waals surface area (Å²) in [6, 6.07) is 0. The van der Waals surface area contributed by atoms with Crippen molar-refractivity contribution in [1.29, 1.82) is 0 Å². The van der Waals surface area contributed by atoms with E-state index < -0.39 is 10.4 Å². The van der Waals surface area contributed by atoms with Crippen molar-refractivity contribution in [2.75, 3.05) is 6.61 Å². The van der Waals surface area contributed by atoms with E-state index in [-0.39, 0.29) is 42.1 Å². The first kappa shape index (κ1) is 40.0. The second kappa shape index (κ2) is 31.4. The zero-order valence-corrected chi connectivity index (χ0v) is 28.2. The molecular formula is C31H63NaO4S. The van der Waals surface area contributed by atoms with Gasteiger partial charge in [0.15, 0.2) is 0 Å². The summed E-state index contributed by atoms with van der Waals surface area (Å²) in [4.78, 5) is 0. The van der Waals surface area contributed by atoms with E-state index in [4.69, 9.17) is 0 Å². The van der Waals surface area contributed by atoms with Crippen LogP contribution in [0.15, 0.2) is 0 Å². The molecule has 0 heterocycles. The summed E-state index contributed by atoms with van der Waals surface area (Å²) >= 11 is 0. The molecule has 0 radical (unpaired) electrons. The van der Waals surface area contributed by atoms with Gasteiger partial charge in [0.1, 0.15) is 0 Å². The van der Waals surface area contributed by atoms with Gasteiger partial charge in [-0.1, -0.05) is 174 Å². The zero-order chi connectivity index (χ0) is 26.6. The van der Waals surface area contributed by atoms with Crippen LogP contribution in [0.25, 0.3) is 0 Å². The van der Waals surface area contributed by atoms with Crippen LogP contribution in [-0.4, -0.2) is 19.6 Å². The van der Waals surface area contributed by atoms with Gasteiger partial charge in [0.2, 0.25) is 10.4 Å². The second-order valence-corrected chi connectivity index (χ2v) is 12.3. The van der Waals surface area contributed by atoms with Crippen LogP contribution in [0.5, 0.6) is 0 Å². The molecule has 0 aromatic carbocycles. The third-order valence-electron chi connectivity index (χ3n) is 7.63. The van der Waals surface area contributed by atoms with Crippen molar-refractivity contribution in [3.8, 4) is 0 Å². The predicted molar refractivity (Wildman–Crippen MR) is 155 cm³/mol. The van der Waals surface area contributed by atoms with Crippen LogP contribution < -0.4 is 29.6 Å². The van der Waals surface area contributed by atoms with Crippen LogP contribution in [0.3, 0.4) is 0 Å². The van der Waals surface area contributed by atoms with Gasteiger partial charge in [-0.15, -0.1) is 0 Å². The van der Waals surface area contributed by atoms with Gasteiger partial charge in [-0.3, -0.25) is 4.18 Å². The van der Waals surface area contributed by atoms with Crippen LogP contribution in [-0.2, 0) is 14.6 Å². The molecule has 218 valence electrons. The number of hydrogen-bond donors (Lipinski definition) is 0. The summed E-state index contributed by atoms with van der Waals surface area (Å²) in [7, 11) is -4.58. The SMILES string of the molecule is CCCCCCCCCCCCCCCCCCCCC(CCCCCCCCC)COS(=O)(=O)[O-].[Na+]. The summed E-state index contributed by atoms with van der Waals surface area (Å²) in [5.41, 5.74) is 0. The predicted octanol–water partition coefficient (Wildman–Crippen LogP) is 7.66. The van der Waals surface area contributed by atoms with E-state index in [2.05, 4.69) is 18.0 Å². The minimum Gasteiger partial charge on any atom is -0.726 e. The van der Waals surface area contributed by atoms with E-state index in [0.29, 0.717) is 0 Å². The Morgan fingerprint density at radius 3 is 0.973 bits per heavy atom. The second-order valence-electron chi connectivity index (χ2n) is 11.3. The molecule has 0 saturated heterocycles. The van der Waals surface area contributed by atoms with Crippen molar-refractivity contribution >= 4 is 10.4 Å². The maximum atomic E-state index is 10.9. The molecule has 0 aliphatic carbocycles. The summed E-state index contributed by atoms with van der Waals surface area (Å²) in [5.74, 6) is 0.199. The minimum atomic E-state index is -4.58. The van der Waals surface area contributed by atoms with E-state index in [0.717, 1.165) is 25.7 Å². The van der Waals surface area contributed by atoms with Crippen molar-refractivity contribution in [1.82, 2.24) is 0 Å². The molecule has 0 aliphatic heterocycles. The standard InChI is InChI=1S/C31H64O4S.Na/c1-3-5-7-9-11-12-13-14-15-16-17-18-19-20-21-23-25-27-29-31(30-35-36(32,33)34)28-26-24-22-10-8-6-4-2;/h31H,3-30H2,1-2H3,(H,32,33,34);/q;+1/p-1. The Morgan fingerprint density at radius 1 is 0.486 bits per heavy atom. The van der Waals surface area contributed by atoms with Crippen molar-refractivity contribution in [2.24, 2.45) is 5.92 Å². The van der Waals surface area contributed by atoms with Gasteiger partial charge < -0.3 is 4.55 Å². The summed E-state index contributed by atoms with van der Waals surface area (Å²) < 4.78 is 37.2. The first-order valence-electron chi connectivity index (χ1n) is 16.1. The molecule has 0 aromatic heterocycles. The average Bonchev–Trinajstić information content (AvgIpc) is 2.84. The Hall–Kier alpha value is 0.870. The molecule has 6 heteroatoms. The summed E-state index contributed by atoms with van der Waals surface area (Å²) in [6.07, 6.45) is 35.3. The molecule has 1 atom stereocenters. The van der Waals surface area contributed by atoms with Crippen LogP contribution in [0.1, 0.15) is 187 Å². The van der Waals surface area contributed by atoms with E-state index >= 15 is 0 Å². The molecule has 1 unspecified atom stereocenters. The van der Waals surface area contributed by atoms with Gasteiger partial charge in [-0.2, -0.15) is 0 Å². The van der Waals surface area contributed by atoms with Crippen molar-refractivity contribution in [3.05, 3.63) is 0 Å². The van der Waals surface area contributed by atoms with Crippen molar-refractivity contribution in [3.63, 3.8) is 0 Å². The fraction of sp³-hybridized carbons (Fsp3) is 1.00. The molecular weight excluding hydrogens is 491 g/mol. The van der Waals surface area contributed by atoms with Gasteiger partial charge >= 0.3 is 29.6 Å². The first-order valence-corrected chi connectivity index (χ1v) is 17.4. The van der Waals surface area contributed by atoms with Gasteiger partial charge in [0, 0.05) is 0 Å².